The minimum Gasteiger partial charge on any atom is -0.332 e. The summed E-state index contributed by atoms with van der Waals surface area (Å²) in [7, 11) is -3.74. The number of amides is 1. The van der Waals surface area contributed by atoms with Gasteiger partial charge in [-0.2, -0.15) is 4.31 Å². The lowest BCUT2D eigenvalue weighted by molar-refractivity contribution is -0.385. The molecule has 4 aromatic carbocycles. The van der Waals surface area contributed by atoms with Gasteiger partial charge in [0.25, 0.3) is 11.6 Å². The highest BCUT2D eigenvalue weighted by Gasteiger charge is 2.32. The molecule has 10 nitrogen and oxygen atoms in total. The average molecular weight is 616 g/mol. The molecule has 1 aliphatic rings. The Morgan fingerprint density at radius 1 is 0.791 bits per heavy atom. The number of nitro groups is 1. The molecule has 0 spiro atoms. The number of hydrogen-bond acceptors (Lipinski definition) is 7. The number of nitrogens with one attached hydrogen (secondary N) is 2. The Hall–Kier alpha value is -4.49. The van der Waals surface area contributed by atoms with Gasteiger partial charge < -0.3 is 5.32 Å². The van der Waals surface area contributed by atoms with Crippen LogP contribution in [0.4, 0.5) is 11.4 Å². The van der Waals surface area contributed by atoms with Gasteiger partial charge in [-0.3, -0.25) is 25.1 Å². The minimum absolute atomic E-state index is 0.0231. The minimum atomic E-state index is -3.74. The Balaban J connectivity index is 1.21. The Bertz CT molecular complexity index is 1670. The predicted molar refractivity (Wildman–Crippen MR) is 168 cm³/mol. The van der Waals surface area contributed by atoms with Gasteiger partial charge in [0.1, 0.15) is 5.56 Å². The molecule has 1 fully saturated rings. The number of nitro benzene ring substituents is 1. The zero-order valence-corrected chi connectivity index (χ0v) is 24.6. The molecular formula is C31H29N5O5S2. The molecule has 12 heteroatoms. The number of carbonyl (C=O) groups is 1. The molecule has 2 N–H and O–H groups in total. The molecule has 0 saturated carbocycles. The number of sulfonamides is 1. The second kappa shape index (κ2) is 13.2. The third kappa shape index (κ3) is 6.95. The molecule has 1 heterocycles. The van der Waals surface area contributed by atoms with Crippen LogP contribution in [0.5, 0.6) is 0 Å². The zero-order valence-electron chi connectivity index (χ0n) is 23.0. The highest BCUT2D eigenvalue weighted by atomic mass is 32.2. The third-order valence-corrected chi connectivity index (χ3v) is 9.31. The van der Waals surface area contributed by atoms with Crippen molar-refractivity contribution < 1.29 is 18.1 Å². The molecular weight excluding hydrogens is 587 g/mol. The van der Waals surface area contributed by atoms with Gasteiger partial charge in [0.15, 0.2) is 5.11 Å². The summed E-state index contributed by atoms with van der Waals surface area (Å²) in [5.41, 5.74) is 2.30. The molecule has 0 aromatic heterocycles. The summed E-state index contributed by atoms with van der Waals surface area (Å²) >= 11 is 5.19. The number of hydrogen-bond donors (Lipinski definition) is 2. The molecule has 5 rings (SSSR count). The molecule has 0 atom stereocenters. The Morgan fingerprint density at radius 3 is 1.88 bits per heavy atom. The lowest BCUT2D eigenvalue weighted by atomic mass is 9.96. The number of para-hydroxylation sites is 1. The maximum Gasteiger partial charge on any atom is 0.282 e. The largest absolute Gasteiger partial charge is 0.332 e. The fraction of sp³-hybridized carbons (Fsp3) is 0.161. The van der Waals surface area contributed by atoms with E-state index in [-0.39, 0.29) is 27.3 Å². The van der Waals surface area contributed by atoms with Crippen LogP contribution in [-0.4, -0.2) is 59.7 Å². The second-order valence-corrected chi connectivity index (χ2v) is 12.2. The van der Waals surface area contributed by atoms with Crippen LogP contribution < -0.4 is 10.6 Å². The molecule has 0 unspecified atom stereocenters. The van der Waals surface area contributed by atoms with Crippen LogP contribution in [0.25, 0.3) is 0 Å². The summed E-state index contributed by atoms with van der Waals surface area (Å²) in [6.07, 6.45) is 0. The maximum atomic E-state index is 13.5. The molecule has 1 aliphatic heterocycles. The van der Waals surface area contributed by atoms with Crippen LogP contribution in [0.2, 0.25) is 0 Å². The van der Waals surface area contributed by atoms with E-state index in [1.54, 1.807) is 12.1 Å². The average Bonchev–Trinajstić information content (AvgIpc) is 3.02. The van der Waals surface area contributed by atoms with Crippen LogP contribution in [0.3, 0.4) is 0 Å². The van der Waals surface area contributed by atoms with Gasteiger partial charge in [0.2, 0.25) is 10.0 Å². The van der Waals surface area contributed by atoms with E-state index in [1.807, 2.05) is 36.4 Å². The fourth-order valence-electron chi connectivity index (χ4n) is 5.10. The summed E-state index contributed by atoms with van der Waals surface area (Å²) in [5.74, 6) is -0.732. The van der Waals surface area contributed by atoms with Crippen molar-refractivity contribution in [3.05, 3.63) is 136 Å². The van der Waals surface area contributed by atoms with Crippen molar-refractivity contribution in [3.8, 4) is 0 Å². The van der Waals surface area contributed by atoms with Crippen molar-refractivity contribution in [2.75, 3.05) is 31.5 Å². The van der Waals surface area contributed by atoms with Crippen molar-refractivity contribution >= 4 is 44.6 Å². The lowest BCUT2D eigenvalue weighted by Crippen LogP contribution is -2.49. The van der Waals surface area contributed by atoms with Gasteiger partial charge in [-0.1, -0.05) is 72.8 Å². The Morgan fingerprint density at radius 2 is 1.33 bits per heavy atom. The number of nitrogens with zero attached hydrogens (tertiary/aromatic N) is 3. The van der Waals surface area contributed by atoms with Gasteiger partial charge in [-0.25, -0.2) is 8.42 Å². The quantitative estimate of drug-likeness (QED) is 0.164. The topological polar surface area (TPSA) is 125 Å². The fourth-order valence-corrected chi connectivity index (χ4v) is 6.74. The van der Waals surface area contributed by atoms with E-state index in [0.717, 1.165) is 11.1 Å². The first-order chi connectivity index (χ1) is 20.7. The van der Waals surface area contributed by atoms with Gasteiger partial charge in [0, 0.05) is 37.9 Å². The first-order valence-corrected chi connectivity index (χ1v) is 15.4. The molecule has 4 aromatic rings. The highest BCUT2D eigenvalue weighted by molar-refractivity contribution is 7.89. The third-order valence-electron chi connectivity index (χ3n) is 7.19. The smallest absolute Gasteiger partial charge is 0.282 e. The monoisotopic (exact) mass is 615 g/mol. The number of thiocarbonyl (C=S) groups is 1. The van der Waals surface area contributed by atoms with E-state index in [0.29, 0.717) is 31.9 Å². The van der Waals surface area contributed by atoms with Crippen LogP contribution in [0.1, 0.15) is 27.5 Å². The summed E-state index contributed by atoms with van der Waals surface area (Å²) in [6, 6.07) is 32.0. The number of benzene rings is 4. The van der Waals surface area contributed by atoms with Crippen molar-refractivity contribution in [1.29, 1.82) is 0 Å². The van der Waals surface area contributed by atoms with E-state index in [2.05, 4.69) is 39.8 Å². The predicted octanol–water partition coefficient (Wildman–Crippen LogP) is 4.82. The summed E-state index contributed by atoms with van der Waals surface area (Å²) in [6.45, 7) is 1.84. The van der Waals surface area contributed by atoms with Crippen LogP contribution in [0, 0.1) is 10.1 Å². The molecule has 1 saturated heterocycles. The van der Waals surface area contributed by atoms with E-state index in [4.69, 9.17) is 12.2 Å². The van der Waals surface area contributed by atoms with Gasteiger partial charge in [-0.15, -0.1) is 0 Å². The molecule has 0 aliphatic carbocycles. The lowest BCUT2D eigenvalue weighted by Gasteiger charge is -2.39. The van der Waals surface area contributed by atoms with Crippen LogP contribution in [-0.2, 0) is 10.0 Å². The molecule has 0 radical (unpaired) electrons. The van der Waals surface area contributed by atoms with Crippen molar-refractivity contribution in [3.63, 3.8) is 0 Å². The standard InChI is InChI=1S/C31H29N5O5S2/c37-30(27-13-7-8-14-28(27)36(38)39)33-31(42)32-25-15-17-26(18-16-25)43(40,41)35-21-19-34(20-22-35)29(23-9-3-1-4-10-23)24-11-5-2-6-12-24/h1-18,29H,19-22H2,(H2,32,33,37,42). The van der Waals surface area contributed by atoms with Crippen molar-refractivity contribution in [2.45, 2.75) is 10.9 Å². The second-order valence-electron chi connectivity index (χ2n) is 9.87. The Labute approximate surface area is 255 Å². The first-order valence-electron chi connectivity index (χ1n) is 13.5. The normalized spacial score (nSPS) is 14.3. The van der Waals surface area contributed by atoms with Crippen LogP contribution >= 0.6 is 12.2 Å². The SMILES string of the molecule is O=C(NC(=S)Nc1ccc(S(=O)(=O)N2CCN(C(c3ccccc3)c3ccccc3)CC2)cc1)c1ccccc1[N+](=O)[O-]. The van der Waals surface area contributed by atoms with Crippen molar-refractivity contribution in [1.82, 2.24) is 14.5 Å². The van der Waals surface area contributed by atoms with Crippen LogP contribution in [0.15, 0.2) is 114 Å². The number of carbonyl (C=O) groups excluding carboxylic acids is 1. The zero-order chi connectivity index (χ0) is 30.4. The van der Waals surface area contributed by atoms with Gasteiger partial charge in [0.05, 0.1) is 15.9 Å². The maximum absolute atomic E-state index is 13.5. The van der Waals surface area contributed by atoms with E-state index < -0.39 is 20.9 Å². The Kier molecular flexibility index (Phi) is 9.22. The highest BCUT2D eigenvalue weighted by Crippen LogP contribution is 2.30. The van der Waals surface area contributed by atoms with Gasteiger partial charge in [-0.05, 0) is 53.7 Å². The number of piperazine rings is 1. The van der Waals surface area contributed by atoms with E-state index in [9.17, 15) is 23.3 Å². The van der Waals surface area contributed by atoms with Crippen molar-refractivity contribution in [2.24, 2.45) is 0 Å². The number of anilines is 1. The molecule has 43 heavy (non-hydrogen) atoms. The molecule has 0 bridgehead atoms. The first kappa shape index (κ1) is 30.0. The molecule has 1 amide bonds. The summed E-state index contributed by atoms with van der Waals surface area (Å²) < 4.78 is 28.4. The number of rotatable bonds is 8. The molecule has 220 valence electrons. The van der Waals surface area contributed by atoms with Gasteiger partial charge >= 0.3 is 0 Å². The summed E-state index contributed by atoms with van der Waals surface area (Å²) in [5, 5.41) is 16.4. The van der Waals surface area contributed by atoms with E-state index in [1.165, 1.54) is 40.7 Å². The summed E-state index contributed by atoms with van der Waals surface area (Å²) in [4.78, 5) is 25.6. The van der Waals surface area contributed by atoms with E-state index >= 15 is 0 Å².